The molecule has 1 aliphatic heterocycles. The molecule has 1 aromatic rings. The van der Waals surface area contributed by atoms with Gasteiger partial charge in [-0.15, -0.1) is 6.58 Å². The first-order valence-corrected chi connectivity index (χ1v) is 7.91. The second-order valence-electron chi connectivity index (χ2n) is 6.10. The minimum absolute atomic E-state index is 0.0191. The van der Waals surface area contributed by atoms with E-state index in [1.807, 2.05) is 0 Å². The van der Waals surface area contributed by atoms with Gasteiger partial charge in [-0.3, -0.25) is 4.79 Å². The van der Waals surface area contributed by atoms with Crippen LogP contribution in [0.5, 0.6) is 0 Å². The van der Waals surface area contributed by atoms with Crippen LogP contribution in [-0.4, -0.2) is 35.6 Å². The summed E-state index contributed by atoms with van der Waals surface area (Å²) < 4.78 is 26.4. The highest BCUT2D eigenvalue weighted by Crippen LogP contribution is 2.34. The van der Waals surface area contributed by atoms with Gasteiger partial charge in [0.2, 0.25) is 5.91 Å². The number of hydrogen-bond donors (Lipinski definition) is 1. The third kappa shape index (κ3) is 4.09. The lowest BCUT2D eigenvalue weighted by molar-refractivity contribution is -0.134. The fourth-order valence-corrected chi connectivity index (χ4v) is 3.28. The lowest BCUT2D eigenvalue weighted by Gasteiger charge is -2.41. The van der Waals surface area contributed by atoms with Crippen molar-refractivity contribution >= 4 is 17.5 Å². The van der Waals surface area contributed by atoms with E-state index in [1.165, 1.54) is 0 Å². The summed E-state index contributed by atoms with van der Waals surface area (Å²) in [6.07, 6.45) is 3.89. The molecular weight excluding hydrogens is 324 g/mol. The van der Waals surface area contributed by atoms with Gasteiger partial charge in [-0.05, 0) is 37.0 Å². The predicted octanol–water partition coefficient (Wildman–Crippen LogP) is 3.34. The van der Waals surface area contributed by atoms with E-state index < -0.39 is 11.6 Å². The van der Waals surface area contributed by atoms with Crippen molar-refractivity contribution in [2.75, 3.05) is 19.7 Å². The van der Waals surface area contributed by atoms with E-state index in [1.54, 1.807) is 11.0 Å². The Morgan fingerprint density at radius 3 is 2.78 bits per heavy atom. The number of halogens is 3. The highest BCUT2D eigenvalue weighted by Gasteiger charge is 2.35. The van der Waals surface area contributed by atoms with Crippen LogP contribution >= 0.6 is 11.6 Å². The SMILES string of the molecule is C=CCC1(CO)CCCN(C(=O)Cc2cc(F)c(F)cc2Cl)C1. The third-order valence-corrected chi connectivity index (χ3v) is 4.71. The van der Waals surface area contributed by atoms with Crippen molar-refractivity contribution in [3.05, 3.63) is 47.0 Å². The highest BCUT2D eigenvalue weighted by atomic mass is 35.5. The molecule has 1 unspecified atom stereocenters. The first-order valence-electron chi connectivity index (χ1n) is 7.54. The summed E-state index contributed by atoms with van der Waals surface area (Å²) in [4.78, 5) is 14.1. The van der Waals surface area contributed by atoms with E-state index in [0.717, 1.165) is 25.0 Å². The average molecular weight is 344 g/mol. The predicted molar refractivity (Wildman–Crippen MR) is 85.2 cm³/mol. The molecule has 3 nitrogen and oxygen atoms in total. The zero-order chi connectivity index (χ0) is 17.0. The van der Waals surface area contributed by atoms with Gasteiger partial charge >= 0.3 is 0 Å². The second kappa shape index (κ2) is 7.41. The Labute approximate surface area is 139 Å². The van der Waals surface area contributed by atoms with E-state index >= 15 is 0 Å². The number of piperidine rings is 1. The van der Waals surface area contributed by atoms with Gasteiger partial charge in [-0.2, -0.15) is 0 Å². The maximum Gasteiger partial charge on any atom is 0.227 e. The van der Waals surface area contributed by atoms with Crippen molar-refractivity contribution in [1.82, 2.24) is 4.90 Å². The van der Waals surface area contributed by atoms with Crippen LogP contribution in [0, 0.1) is 17.0 Å². The van der Waals surface area contributed by atoms with Crippen LogP contribution < -0.4 is 0 Å². The third-order valence-electron chi connectivity index (χ3n) is 4.36. The van der Waals surface area contributed by atoms with Gasteiger partial charge in [0.15, 0.2) is 11.6 Å². The molecule has 1 N–H and O–H groups in total. The van der Waals surface area contributed by atoms with Crippen LogP contribution in [0.4, 0.5) is 8.78 Å². The van der Waals surface area contributed by atoms with Crippen LogP contribution in [0.3, 0.4) is 0 Å². The summed E-state index contributed by atoms with van der Waals surface area (Å²) >= 11 is 5.89. The molecule has 2 rings (SSSR count). The number of carbonyl (C=O) groups excluding carboxylic acids is 1. The van der Waals surface area contributed by atoms with Crippen molar-refractivity contribution in [1.29, 1.82) is 0 Å². The number of nitrogens with zero attached hydrogens (tertiary/aromatic N) is 1. The number of benzene rings is 1. The van der Waals surface area contributed by atoms with Crippen LogP contribution in [0.15, 0.2) is 24.8 Å². The minimum atomic E-state index is -1.03. The van der Waals surface area contributed by atoms with E-state index in [-0.39, 0.29) is 34.9 Å². The monoisotopic (exact) mass is 343 g/mol. The van der Waals surface area contributed by atoms with E-state index in [9.17, 15) is 18.7 Å². The highest BCUT2D eigenvalue weighted by molar-refractivity contribution is 6.31. The van der Waals surface area contributed by atoms with Gasteiger partial charge in [0.05, 0.1) is 13.0 Å². The quantitative estimate of drug-likeness (QED) is 0.658. The Hall–Kier alpha value is -1.46. The molecule has 1 amide bonds. The molecule has 0 aliphatic carbocycles. The van der Waals surface area contributed by atoms with Crippen LogP contribution in [0.1, 0.15) is 24.8 Å². The summed E-state index contributed by atoms with van der Waals surface area (Å²) in [7, 11) is 0. The number of hydrogen-bond acceptors (Lipinski definition) is 2. The topological polar surface area (TPSA) is 40.5 Å². The number of allylic oxidation sites excluding steroid dienone is 1. The summed E-state index contributed by atoms with van der Waals surface area (Å²) in [5.41, 5.74) is -0.104. The number of rotatable bonds is 5. The molecule has 1 aromatic carbocycles. The molecule has 6 heteroatoms. The number of likely N-dealkylation sites (tertiary alicyclic amines) is 1. The molecule has 1 heterocycles. The Bertz CT molecular complexity index is 609. The van der Waals surface area contributed by atoms with E-state index in [2.05, 4.69) is 6.58 Å². The average Bonchev–Trinajstić information content (AvgIpc) is 2.53. The van der Waals surface area contributed by atoms with Crippen LogP contribution in [-0.2, 0) is 11.2 Å². The molecule has 1 saturated heterocycles. The Morgan fingerprint density at radius 2 is 2.13 bits per heavy atom. The molecule has 0 saturated carbocycles. The molecule has 1 atom stereocenters. The maximum absolute atomic E-state index is 13.3. The standard InChI is InChI=1S/C17H20ClF2NO2/c1-2-4-17(11-22)5-3-6-21(10-17)16(23)8-12-7-14(19)15(20)9-13(12)18/h2,7,9,22H,1,3-6,8,10-11H2. The van der Waals surface area contributed by atoms with Gasteiger partial charge in [-0.1, -0.05) is 17.7 Å². The molecular formula is C17H20ClF2NO2. The number of aliphatic hydroxyl groups is 1. The fraction of sp³-hybridized carbons (Fsp3) is 0.471. The summed E-state index contributed by atoms with van der Waals surface area (Å²) in [5, 5.41) is 9.71. The molecule has 0 aromatic heterocycles. The molecule has 0 bridgehead atoms. The van der Waals surface area contributed by atoms with Gasteiger partial charge in [0.1, 0.15) is 0 Å². The summed E-state index contributed by atoms with van der Waals surface area (Å²) in [6, 6.07) is 1.84. The van der Waals surface area contributed by atoms with Crippen molar-refractivity contribution < 1.29 is 18.7 Å². The molecule has 1 aliphatic rings. The van der Waals surface area contributed by atoms with Crippen LogP contribution in [0.25, 0.3) is 0 Å². The number of carbonyl (C=O) groups is 1. The fourth-order valence-electron chi connectivity index (χ4n) is 3.06. The molecule has 126 valence electrons. The lowest BCUT2D eigenvalue weighted by Crippen LogP contribution is -2.48. The molecule has 23 heavy (non-hydrogen) atoms. The first kappa shape index (κ1) is 17.9. The lowest BCUT2D eigenvalue weighted by atomic mass is 9.77. The Balaban J connectivity index is 2.11. The van der Waals surface area contributed by atoms with Crippen LogP contribution in [0.2, 0.25) is 5.02 Å². The van der Waals surface area contributed by atoms with Crippen molar-refractivity contribution in [3.8, 4) is 0 Å². The maximum atomic E-state index is 13.3. The first-order chi connectivity index (χ1) is 10.9. The Kier molecular flexibility index (Phi) is 5.76. The largest absolute Gasteiger partial charge is 0.396 e. The van der Waals surface area contributed by atoms with Gasteiger partial charge in [0, 0.05) is 23.5 Å². The second-order valence-corrected chi connectivity index (χ2v) is 6.51. The zero-order valence-corrected chi connectivity index (χ0v) is 13.6. The molecule has 0 radical (unpaired) electrons. The minimum Gasteiger partial charge on any atom is -0.396 e. The van der Waals surface area contributed by atoms with Gasteiger partial charge in [0.25, 0.3) is 0 Å². The normalized spacial score (nSPS) is 21.3. The summed E-state index contributed by atoms with van der Waals surface area (Å²) in [6.45, 7) is 4.70. The van der Waals surface area contributed by atoms with Gasteiger partial charge in [-0.25, -0.2) is 8.78 Å². The van der Waals surface area contributed by atoms with Crippen molar-refractivity contribution in [3.63, 3.8) is 0 Å². The number of aliphatic hydroxyl groups excluding tert-OH is 1. The van der Waals surface area contributed by atoms with E-state index in [4.69, 9.17) is 11.6 Å². The Morgan fingerprint density at radius 1 is 1.43 bits per heavy atom. The van der Waals surface area contributed by atoms with Crippen molar-refractivity contribution in [2.24, 2.45) is 5.41 Å². The van der Waals surface area contributed by atoms with E-state index in [0.29, 0.717) is 19.5 Å². The molecule has 1 fully saturated rings. The van der Waals surface area contributed by atoms with Gasteiger partial charge < -0.3 is 10.0 Å². The van der Waals surface area contributed by atoms with Crippen molar-refractivity contribution in [2.45, 2.75) is 25.7 Å². The molecule has 0 spiro atoms. The zero-order valence-electron chi connectivity index (χ0n) is 12.8. The smallest absolute Gasteiger partial charge is 0.227 e. The summed E-state index contributed by atoms with van der Waals surface area (Å²) in [5.74, 6) is -2.26. The number of amides is 1.